The van der Waals surface area contributed by atoms with Crippen LogP contribution in [0.4, 0.5) is 0 Å². The Bertz CT molecular complexity index is 1190. The maximum atomic E-state index is 12.7. The van der Waals surface area contributed by atoms with Crippen LogP contribution >= 0.6 is 7.82 Å². The summed E-state index contributed by atoms with van der Waals surface area (Å²) in [5.74, 6) is -0.342. The van der Waals surface area contributed by atoms with Gasteiger partial charge in [-0.15, -0.1) is 0 Å². The van der Waals surface area contributed by atoms with E-state index < -0.39 is 13.9 Å². The normalized spacial score (nSPS) is 14.1. The molecule has 0 heterocycles. The summed E-state index contributed by atoms with van der Waals surface area (Å²) in [5.41, 5.74) is 0. The molecule has 368 valence electrons. The average Bonchev–Trinajstić information content (AvgIpc) is 3.24. The van der Waals surface area contributed by atoms with Crippen LogP contribution in [0.1, 0.15) is 219 Å². The van der Waals surface area contributed by atoms with Crippen molar-refractivity contribution in [1.29, 1.82) is 0 Å². The summed E-state index contributed by atoms with van der Waals surface area (Å²) in [5, 5.41) is 0. The second-order valence-corrected chi connectivity index (χ2v) is 20.0. The molecule has 0 aromatic heterocycles. The van der Waals surface area contributed by atoms with Gasteiger partial charge in [-0.05, 0) is 57.8 Å². The van der Waals surface area contributed by atoms with Gasteiger partial charge in [0.15, 0.2) is 0 Å². The number of phosphoric ester groups is 1. The van der Waals surface area contributed by atoms with E-state index in [4.69, 9.17) is 18.5 Å². The lowest BCUT2D eigenvalue weighted by Crippen LogP contribution is -2.37. The highest BCUT2D eigenvalue weighted by atomic mass is 31.2. The monoisotopic (exact) mass is 907 g/mol. The number of carbonyl (C=O) groups excluding carboxylic acids is 1. The summed E-state index contributed by atoms with van der Waals surface area (Å²) in [6, 6.07) is 0. The first-order valence-corrected chi connectivity index (χ1v) is 27.5. The van der Waals surface area contributed by atoms with Gasteiger partial charge in [-0.1, -0.05) is 216 Å². The molecule has 0 amide bonds. The third-order valence-electron chi connectivity index (χ3n) is 11.1. The van der Waals surface area contributed by atoms with Gasteiger partial charge in [-0.3, -0.25) is 13.8 Å². The van der Waals surface area contributed by atoms with Crippen molar-refractivity contribution in [2.24, 2.45) is 0 Å². The van der Waals surface area contributed by atoms with Crippen LogP contribution in [0.15, 0.2) is 60.8 Å². The minimum Gasteiger partial charge on any atom is -0.457 e. The van der Waals surface area contributed by atoms with E-state index in [2.05, 4.69) is 74.6 Å². The number of carbonyl (C=O) groups is 1. The van der Waals surface area contributed by atoms with E-state index in [1.807, 2.05) is 21.1 Å². The van der Waals surface area contributed by atoms with Crippen molar-refractivity contribution in [1.82, 2.24) is 0 Å². The average molecular weight is 907 g/mol. The number of hydrogen-bond acceptors (Lipinski definition) is 6. The van der Waals surface area contributed by atoms with Crippen LogP contribution in [0.3, 0.4) is 0 Å². The summed E-state index contributed by atoms with van der Waals surface area (Å²) >= 11 is 0. The molecule has 0 saturated carbocycles. The molecule has 0 aliphatic carbocycles. The Morgan fingerprint density at radius 1 is 0.508 bits per heavy atom. The molecule has 0 radical (unpaired) electrons. The zero-order chi connectivity index (χ0) is 46.2. The number of allylic oxidation sites excluding steroid dienone is 10. The molecule has 0 aromatic rings. The standard InChI is InChI=1S/C54H100NO7P/c1-6-8-10-12-14-16-18-20-22-24-26-27-28-30-32-34-36-38-40-42-44-46-49-59-51-53(52-61-63(57,58)60-50-48-55(3,4)5)62-54(56)47-45-43-41-39-37-35-33-31-29-25-23-21-19-17-15-13-11-9-7-2/h9,11,15,17,21,23,29,31,35,37,53H,6-8,10,12-14,16,18-20,22,24-28,30,32-34,36,38-52H2,1-5H3/p+1/b11-9-,17-15-,23-21-,31-29-,37-35-. The zero-order valence-electron chi connectivity index (χ0n) is 41.8. The Morgan fingerprint density at radius 2 is 0.921 bits per heavy atom. The van der Waals surface area contributed by atoms with Crippen molar-refractivity contribution in [3.8, 4) is 0 Å². The van der Waals surface area contributed by atoms with Crippen LogP contribution in [0.2, 0.25) is 0 Å². The maximum Gasteiger partial charge on any atom is 0.472 e. The van der Waals surface area contributed by atoms with Gasteiger partial charge in [-0.2, -0.15) is 0 Å². The van der Waals surface area contributed by atoms with E-state index >= 15 is 0 Å². The molecule has 0 saturated heterocycles. The molecule has 0 rings (SSSR count). The third kappa shape index (κ3) is 51.1. The number of esters is 1. The van der Waals surface area contributed by atoms with Crippen molar-refractivity contribution >= 4 is 13.8 Å². The van der Waals surface area contributed by atoms with Gasteiger partial charge in [0.25, 0.3) is 0 Å². The summed E-state index contributed by atoms with van der Waals surface area (Å²) in [6.07, 6.45) is 59.9. The Kier molecular flexibility index (Phi) is 45.4. The topological polar surface area (TPSA) is 91.3 Å². The van der Waals surface area contributed by atoms with Crippen LogP contribution in [-0.2, 0) is 27.9 Å². The molecule has 2 unspecified atom stereocenters. The molecular weight excluding hydrogens is 806 g/mol. The van der Waals surface area contributed by atoms with E-state index in [9.17, 15) is 14.3 Å². The van der Waals surface area contributed by atoms with Crippen molar-refractivity contribution in [2.45, 2.75) is 225 Å². The van der Waals surface area contributed by atoms with Gasteiger partial charge < -0.3 is 18.9 Å². The van der Waals surface area contributed by atoms with Crippen molar-refractivity contribution in [3.63, 3.8) is 0 Å². The number of nitrogens with zero attached hydrogens (tertiary/aromatic N) is 1. The maximum absolute atomic E-state index is 12.7. The second-order valence-electron chi connectivity index (χ2n) is 18.5. The quantitative estimate of drug-likeness (QED) is 0.0214. The Balaban J connectivity index is 4.17. The Morgan fingerprint density at radius 3 is 1.37 bits per heavy atom. The number of phosphoric acid groups is 1. The zero-order valence-corrected chi connectivity index (χ0v) is 42.7. The first kappa shape index (κ1) is 61.2. The van der Waals surface area contributed by atoms with Crippen molar-refractivity contribution < 1.29 is 37.3 Å². The molecule has 63 heavy (non-hydrogen) atoms. The fourth-order valence-electron chi connectivity index (χ4n) is 7.11. The van der Waals surface area contributed by atoms with Crippen LogP contribution in [0, 0.1) is 0 Å². The third-order valence-corrected chi connectivity index (χ3v) is 12.1. The van der Waals surface area contributed by atoms with E-state index in [0.717, 1.165) is 70.6 Å². The number of unbranched alkanes of at least 4 members (excludes halogenated alkanes) is 24. The van der Waals surface area contributed by atoms with E-state index in [1.165, 1.54) is 128 Å². The van der Waals surface area contributed by atoms with Crippen LogP contribution < -0.4 is 0 Å². The highest BCUT2D eigenvalue weighted by Crippen LogP contribution is 2.43. The molecule has 2 atom stereocenters. The van der Waals surface area contributed by atoms with E-state index in [0.29, 0.717) is 24.1 Å². The van der Waals surface area contributed by atoms with Gasteiger partial charge in [-0.25, -0.2) is 4.57 Å². The molecule has 0 bridgehead atoms. The van der Waals surface area contributed by atoms with Gasteiger partial charge >= 0.3 is 13.8 Å². The summed E-state index contributed by atoms with van der Waals surface area (Å²) < 4.78 is 35.1. The molecule has 8 nitrogen and oxygen atoms in total. The number of ether oxygens (including phenoxy) is 2. The van der Waals surface area contributed by atoms with Gasteiger partial charge in [0.2, 0.25) is 0 Å². The predicted molar refractivity (Wildman–Crippen MR) is 270 cm³/mol. The minimum atomic E-state index is -4.29. The molecule has 0 spiro atoms. The Hall–Kier alpha value is -1.80. The lowest BCUT2D eigenvalue weighted by Gasteiger charge is -2.24. The second kappa shape index (κ2) is 46.7. The number of hydrogen-bond donors (Lipinski definition) is 1. The number of likely N-dealkylation sites (N-methyl/N-ethyl adjacent to an activating group) is 1. The highest BCUT2D eigenvalue weighted by Gasteiger charge is 2.26. The van der Waals surface area contributed by atoms with Crippen LogP contribution in [0.25, 0.3) is 0 Å². The molecule has 0 aliphatic rings. The number of quaternary nitrogens is 1. The first-order valence-electron chi connectivity index (χ1n) is 26.0. The predicted octanol–water partition coefficient (Wildman–Crippen LogP) is 16.1. The lowest BCUT2D eigenvalue weighted by molar-refractivity contribution is -0.870. The lowest BCUT2D eigenvalue weighted by atomic mass is 10.0. The summed E-state index contributed by atoms with van der Waals surface area (Å²) in [6.45, 7) is 5.49. The molecule has 0 aromatic carbocycles. The fraction of sp³-hybridized carbons (Fsp3) is 0.796. The van der Waals surface area contributed by atoms with Gasteiger partial charge in [0.05, 0.1) is 34.4 Å². The van der Waals surface area contributed by atoms with E-state index in [1.54, 1.807) is 0 Å². The molecule has 0 aliphatic heterocycles. The summed E-state index contributed by atoms with van der Waals surface area (Å²) in [4.78, 5) is 23.0. The minimum absolute atomic E-state index is 0.0807. The SMILES string of the molecule is CC/C=C\C/C=C\C/C=C\C/C=C\C/C=C\CCCCCC(=O)OC(COCCCCCCCCCCCCCCCCCCCCCCCC)COP(=O)(O)OCC[N+](C)(C)C. The largest absolute Gasteiger partial charge is 0.472 e. The summed E-state index contributed by atoms with van der Waals surface area (Å²) in [7, 11) is 1.65. The highest BCUT2D eigenvalue weighted by molar-refractivity contribution is 7.47. The van der Waals surface area contributed by atoms with Gasteiger partial charge in [0, 0.05) is 13.0 Å². The molecular formula is C54H101NO7P+. The molecule has 1 N–H and O–H groups in total. The van der Waals surface area contributed by atoms with Crippen molar-refractivity contribution in [2.75, 3.05) is 54.1 Å². The fourth-order valence-corrected chi connectivity index (χ4v) is 7.85. The van der Waals surface area contributed by atoms with E-state index in [-0.39, 0.29) is 25.8 Å². The van der Waals surface area contributed by atoms with Crippen LogP contribution in [0.5, 0.6) is 0 Å². The van der Waals surface area contributed by atoms with Crippen LogP contribution in [-0.4, -0.2) is 75.6 Å². The Labute approximate surface area is 390 Å². The van der Waals surface area contributed by atoms with Crippen molar-refractivity contribution in [3.05, 3.63) is 60.8 Å². The first-order chi connectivity index (χ1) is 30.6. The smallest absolute Gasteiger partial charge is 0.457 e. The van der Waals surface area contributed by atoms with Gasteiger partial charge in [0.1, 0.15) is 19.3 Å². The molecule has 9 heteroatoms. The number of rotatable bonds is 48. The molecule has 0 fully saturated rings.